The predicted molar refractivity (Wildman–Crippen MR) is 75.9 cm³/mol. The summed E-state index contributed by atoms with van der Waals surface area (Å²) in [6.45, 7) is 2.00. The molecule has 2 aliphatic heterocycles. The summed E-state index contributed by atoms with van der Waals surface area (Å²) in [5.74, 6) is 0.980. The maximum absolute atomic E-state index is 12.3. The zero-order valence-corrected chi connectivity index (χ0v) is 12.0. The van der Waals surface area contributed by atoms with Crippen LogP contribution in [0.2, 0.25) is 0 Å². The summed E-state index contributed by atoms with van der Waals surface area (Å²) in [4.78, 5) is 14.6. The van der Waals surface area contributed by atoms with E-state index in [4.69, 9.17) is 0 Å². The number of hydrogen-bond donors (Lipinski definition) is 2. The SMILES string of the molecule is CN1CCCC1CNC(=O)C1CC2CCCCC2N1. The van der Waals surface area contributed by atoms with Gasteiger partial charge in [-0.25, -0.2) is 0 Å². The molecule has 0 aromatic rings. The van der Waals surface area contributed by atoms with Crippen LogP contribution in [0.5, 0.6) is 0 Å². The summed E-state index contributed by atoms with van der Waals surface area (Å²) >= 11 is 0. The number of likely N-dealkylation sites (N-methyl/N-ethyl adjacent to an activating group) is 1. The second kappa shape index (κ2) is 5.80. The van der Waals surface area contributed by atoms with E-state index in [1.807, 2.05) is 0 Å². The Labute approximate surface area is 116 Å². The highest BCUT2D eigenvalue weighted by Crippen LogP contribution is 2.33. The van der Waals surface area contributed by atoms with Crippen molar-refractivity contribution in [3.05, 3.63) is 0 Å². The fourth-order valence-corrected chi connectivity index (χ4v) is 4.10. The lowest BCUT2D eigenvalue weighted by Gasteiger charge is -2.24. The summed E-state index contributed by atoms with van der Waals surface area (Å²) in [5, 5.41) is 6.72. The van der Waals surface area contributed by atoms with E-state index in [0.29, 0.717) is 12.1 Å². The molecule has 0 bridgehead atoms. The fourth-order valence-electron chi connectivity index (χ4n) is 4.10. The number of rotatable bonds is 3. The first-order valence-electron chi connectivity index (χ1n) is 7.98. The normalized spacial score (nSPS) is 39.2. The molecule has 0 aromatic carbocycles. The van der Waals surface area contributed by atoms with Crippen LogP contribution in [-0.2, 0) is 4.79 Å². The molecule has 0 spiro atoms. The Bertz CT molecular complexity index is 319. The van der Waals surface area contributed by atoms with Gasteiger partial charge in [0.15, 0.2) is 0 Å². The smallest absolute Gasteiger partial charge is 0.237 e. The quantitative estimate of drug-likeness (QED) is 0.804. The van der Waals surface area contributed by atoms with Crippen LogP contribution in [0.3, 0.4) is 0 Å². The first-order chi connectivity index (χ1) is 9.24. The summed E-state index contributed by atoms with van der Waals surface area (Å²) in [7, 11) is 2.16. The van der Waals surface area contributed by atoms with Crippen LogP contribution in [0.15, 0.2) is 0 Å². The van der Waals surface area contributed by atoms with E-state index in [-0.39, 0.29) is 11.9 Å². The van der Waals surface area contributed by atoms with Gasteiger partial charge in [-0.15, -0.1) is 0 Å². The van der Waals surface area contributed by atoms with Crippen LogP contribution < -0.4 is 10.6 Å². The van der Waals surface area contributed by atoms with Crippen LogP contribution in [0.4, 0.5) is 0 Å². The van der Waals surface area contributed by atoms with Crippen molar-refractivity contribution in [2.24, 2.45) is 5.92 Å². The van der Waals surface area contributed by atoms with Gasteiger partial charge in [0.05, 0.1) is 6.04 Å². The zero-order valence-electron chi connectivity index (χ0n) is 12.0. The zero-order chi connectivity index (χ0) is 13.2. The van der Waals surface area contributed by atoms with Crippen molar-refractivity contribution in [1.29, 1.82) is 0 Å². The van der Waals surface area contributed by atoms with Gasteiger partial charge in [-0.2, -0.15) is 0 Å². The molecule has 3 aliphatic rings. The van der Waals surface area contributed by atoms with Crippen LogP contribution in [-0.4, -0.2) is 49.1 Å². The predicted octanol–water partition coefficient (Wildman–Crippen LogP) is 1.12. The highest BCUT2D eigenvalue weighted by atomic mass is 16.2. The Balaban J connectivity index is 1.45. The second-order valence-electron chi connectivity index (χ2n) is 6.63. The van der Waals surface area contributed by atoms with Gasteiger partial charge in [-0.3, -0.25) is 4.79 Å². The van der Waals surface area contributed by atoms with E-state index in [2.05, 4.69) is 22.6 Å². The number of nitrogens with one attached hydrogen (secondary N) is 2. The van der Waals surface area contributed by atoms with Crippen LogP contribution in [0, 0.1) is 5.92 Å². The molecule has 4 nitrogen and oxygen atoms in total. The molecule has 0 aromatic heterocycles. The molecule has 1 aliphatic carbocycles. The van der Waals surface area contributed by atoms with Crippen molar-refractivity contribution >= 4 is 5.91 Å². The number of carbonyl (C=O) groups is 1. The minimum atomic E-state index is 0.0693. The molecular weight excluding hydrogens is 238 g/mol. The lowest BCUT2D eigenvalue weighted by Crippen LogP contribution is -2.46. The Morgan fingerprint density at radius 1 is 1.26 bits per heavy atom. The molecule has 4 atom stereocenters. The topological polar surface area (TPSA) is 44.4 Å². The number of nitrogens with zero attached hydrogens (tertiary/aromatic N) is 1. The van der Waals surface area contributed by atoms with E-state index in [1.165, 1.54) is 45.1 Å². The van der Waals surface area contributed by atoms with Gasteiger partial charge in [-0.1, -0.05) is 12.8 Å². The van der Waals surface area contributed by atoms with Crippen molar-refractivity contribution in [3.8, 4) is 0 Å². The molecule has 19 heavy (non-hydrogen) atoms. The summed E-state index contributed by atoms with van der Waals surface area (Å²) in [6.07, 6.45) is 8.80. The molecule has 3 fully saturated rings. The van der Waals surface area contributed by atoms with Gasteiger partial charge >= 0.3 is 0 Å². The highest BCUT2D eigenvalue weighted by molar-refractivity contribution is 5.82. The molecule has 3 rings (SSSR count). The molecule has 1 amide bonds. The average Bonchev–Trinajstić information content (AvgIpc) is 3.01. The summed E-state index contributed by atoms with van der Waals surface area (Å²) in [5.41, 5.74) is 0. The van der Waals surface area contributed by atoms with E-state index >= 15 is 0 Å². The van der Waals surface area contributed by atoms with Gasteiger partial charge in [0.25, 0.3) is 0 Å². The molecule has 2 saturated heterocycles. The number of likely N-dealkylation sites (tertiary alicyclic amines) is 1. The third kappa shape index (κ3) is 2.95. The van der Waals surface area contributed by atoms with Crippen molar-refractivity contribution in [1.82, 2.24) is 15.5 Å². The average molecular weight is 265 g/mol. The van der Waals surface area contributed by atoms with Gasteiger partial charge in [0.1, 0.15) is 0 Å². The highest BCUT2D eigenvalue weighted by Gasteiger charge is 2.38. The minimum Gasteiger partial charge on any atom is -0.353 e. The third-order valence-electron chi connectivity index (χ3n) is 5.36. The summed E-state index contributed by atoms with van der Waals surface area (Å²) < 4.78 is 0. The molecular formula is C15H27N3O. The van der Waals surface area contributed by atoms with E-state index in [0.717, 1.165) is 18.9 Å². The number of carbonyl (C=O) groups excluding carboxylic acids is 1. The largest absolute Gasteiger partial charge is 0.353 e. The van der Waals surface area contributed by atoms with Gasteiger partial charge in [0, 0.05) is 18.6 Å². The Hall–Kier alpha value is -0.610. The molecule has 4 unspecified atom stereocenters. The number of amides is 1. The van der Waals surface area contributed by atoms with Crippen molar-refractivity contribution in [2.45, 2.75) is 63.1 Å². The minimum absolute atomic E-state index is 0.0693. The number of hydrogen-bond acceptors (Lipinski definition) is 3. The van der Waals surface area contributed by atoms with Gasteiger partial charge in [0.2, 0.25) is 5.91 Å². The van der Waals surface area contributed by atoms with Gasteiger partial charge in [-0.05, 0) is 51.6 Å². The summed E-state index contributed by atoms with van der Waals surface area (Å²) in [6, 6.07) is 1.23. The Morgan fingerprint density at radius 2 is 2.11 bits per heavy atom. The van der Waals surface area contributed by atoms with Crippen LogP contribution in [0.25, 0.3) is 0 Å². The van der Waals surface area contributed by atoms with Crippen LogP contribution in [0.1, 0.15) is 44.9 Å². The van der Waals surface area contributed by atoms with Crippen LogP contribution >= 0.6 is 0 Å². The van der Waals surface area contributed by atoms with E-state index in [9.17, 15) is 4.79 Å². The maximum atomic E-state index is 12.3. The molecule has 0 radical (unpaired) electrons. The molecule has 4 heteroatoms. The molecule has 108 valence electrons. The van der Waals surface area contributed by atoms with Crippen molar-refractivity contribution < 1.29 is 4.79 Å². The molecule has 2 N–H and O–H groups in total. The Morgan fingerprint density at radius 3 is 2.84 bits per heavy atom. The second-order valence-corrected chi connectivity index (χ2v) is 6.63. The fraction of sp³-hybridized carbons (Fsp3) is 0.933. The van der Waals surface area contributed by atoms with Gasteiger partial charge < -0.3 is 15.5 Å². The maximum Gasteiger partial charge on any atom is 0.237 e. The monoisotopic (exact) mass is 265 g/mol. The first-order valence-corrected chi connectivity index (χ1v) is 7.98. The lowest BCUT2D eigenvalue weighted by molar-refractivity contribution is -0.123. The van der Waals surface area contributed by atoms with Crippen molar-refractivity contribution in [3.63, 3.8) is 0 Å². The third-order valence-corrected chi connectivity index (χ3v) is 5.36. The lowest BCUT2D eigenvalue weighted by atomic mass is 9.85. The number of fused-ring (bicyclic) bond motifs is 1. The molecule has 2 heterocycles. The standard InChI is InChI=1S/C15H27N3O/c1-18-8-4-6-12(18)10-16-15(19)14-9-11-5-2-3-7-13(11)17-14/h11-14,17H,2-10H2,1H3,(H,16,19). The van der Waals surface area contributed by atoms with Crippen molar-refractivity contribution in [2.75, 3.05) is 20.1 Å². The molecule has 1 saturated carbocycles. The first kappa shape index (κ1) is 13.4. The van der Waals surface area contributed by atoms with E-state index < -0.39 is 0 Å². The Kier molecular flexibility index (Phi) is 4.08. The van der Waals surface area contributed by atoms with E-state index in [1.54, 1.807) is 0 Å².